The molecule has 3 aromatic carbocycles. The Morgan fingerprint density at radius 2 is 1.56 bits per heavy atom. The minimum Gasteiger partial charge on any atom is -0.406 e. The molecule has 0 bridgehead atoms. The molecule has 0 aromatic heterocycles. The van der Waals surface area contributed by atoms with Gasteiger partial charge in [0, 0.05) is 16.9 Å². The third-order valence-corrected chi connectivity index (χ3v) is 6.63. The van der Waals surface area contributed by atoms with E-state index in [0.717, 1.165) is 36.0 Å². The molecule has 34 heavy (non-hydrogen) atoms. The van der Waals surface area contributed by atoms with Crippen LogP contribution in [0.3, 0.4) is 0 Å². The molecule has 0 radical (unpaired) electrons. The number of ether oxygens (including phenoxy) is 1. The van der Waals surface area contributed by atoms with Crippen molar-refractivity contribution in [2.24, 2.45) is 0 Å². The molecule has 0 aliphatic heterocycles. The number of nitrogen functional groups attached to an aromatic ring is 1. The predicted molar refractivity (Wildman–Crippen MR) is 122 cm³/mol. The van der Waals surface area contributed by atoms with Crippen molar-refractivity contribution in [3.63, 3.8) is 0 Å². The van der Waals surface area contributed by atoms with Gasteiger partial charge in [-0.2, -0.15) is 0 Å². The molecule has 0 amide bonds. The first kappa shape index (κ1) is 25.1. The monoisotopic (exact) mass is 510 g/mol. The lowest BCUT2D eigenvalue weighted by Gasteiger charge is -2.11. The molecule has 12 heteroatoms. The van der Waals surface area contributed by atoms with Gasteiger partial charge in [-0.1, -0.05) is 23.9 Å². The number of anilines is 2. The summed E-state index contributed by atoms with van der Waals surface area (Å²) in [6.45, 7) is 0. The minimum absolute atomic E-state index is 0.132. The SMILES string of the molecule is Nc1ccccc1C(=O)SCC(=O)c1ccc(NS(=O)(=O)c2ccc(OC(F)(F)F)cc2)cc1. The van der Waals surface area contributed by atoms with Crippen molar-refractivity contribution in [2.75, 3.05) is 16.2 Å². The van der Waals surface area contributed by atoms with Gasteiger partial charge in [0.25, 0.3) is 10.0 Å². The molecule has 0 unspecified atom stereocenters. The van der Waals surface area contributed by atoms with Crippen LogP contribution in [0.5, 0.6) is 5.75 Å². The van der Waals surface area contributed by atoms with E-state index in [1.165, 1.54) is 24.3 Å². The number of sulfonamides is 1. The van der Waals surface area contributed by atoms with E-state index in [4.69, 9.17) is 5.73 Å². The van der Waals surface area contributed by atoms with Gasteiger partial charge in [0.1, 0.15) is 5.75 Å². The standard InChI is InChI=1S/C22H17F3N2O5S2/c23-22(24,25)32-16-9-11-17(12-10-16)34(30,31)27-15-7-5-14(6-8-15)20(28)13-33-21(29)18-3-1-2-4-19(18)26/h1-12,27H,13,26H2. The summed E-state index contributed by atoms with van der Waals surface area (Å²) in [5, 5.41) is -0.345. The first-order chi connectivity index (χ1) is 15.9. The Kier molecular flexibility index (Phi) is 7.52. The van der Waals surface area contributed by atoms with E-state index < -0.39 is 22.1 Å². The quantitative estimate of drug-likeness (QED) is 0.333. The summed E-state index contributed by atoms with van der Waals surface area (Å²) in [6.07, 6.45) is -4.89. The van der Waals surface area contributed by atoms with Crippen molar-refractivity contribution >= 4 is 44.1 Å². The van der Waals surface area contributed by atoms with Crippen molar-refractivity contribution in [1.82, 2.24) is 0 Å². The fraction of sp³-hybridized carbons (Fsp3) is 0.0909. The first-order valence-corrected chi connectivity index (χ1v) is 11.9. The Morgan fingerprint density at radius 3 is 2.15 bits per heavy atom. The number of para-hydroxylation sites is 1. The van der Waals surface area contributed by atoms with Gasteiger partial charge >= 0.3 is 6.36 Å². The van der Waals surface area contributed by atoms with Gasteiger partial charge in [0.05, 0.1) is 16.2 Å². The number of carbonyl (C=O) groups excluding carboxylic acids is 2. The zero-order valence-corrected chi connectivity index (χ0v) is 18.8. The minimum atomic E-state index is -4.89. The highest BCUT2D eigenvalue weighted by Crippen LogP contribution is 2.25. The number of Topliss-reactive ketones (excluding diaryl/α,β-unsaturated/α-hetero) is 1. The maximum Gasteiger partial charge on any atom is 0.573 e. The average Bonchev–Trinajstić information content (AvgIpc) is 2.77. The molecule has 0 saturated heterocycles. The maximum absolute atomic E-state index is 12.5. The van der Waals surface area contributed by atoms with Gasteiger partial charge in [-0.3, -0.25) is 14.3 Å². The third kappa shape index (κ3) is 6.75. The average molecular weight is 511 g/mol. The lowest BCUT2D eigenvalue weighted by molar-refractivity contribution is -0.274. The van der Waals surface area contributed by atoms with Gasteiger partial charge < -0.3 is 10.5 Å². The fourth-order valence-electron chi connectivity index (χ4n) is 2.73. The Bertz CT molecular complexity index is 1290. The van der Waals surface area contributed by atoms with E-state index in [9.17, 15) is 31.2 Å². The summed E-state index contributed by atoms with van der Waals surface area (Å²) in [4.78, 5) is 24.3. The number of hydrogen-bond acceptors (Lipinski definition) is 7. The van der Waals surface area contributed by atoms with Crippen molar-refractivity contribution in [3.8, 4) is 5.75 Å². The van der Waals surface area contributed by atoms with Crippen molar-refractivity contribution in [2.45, 2.75) is 11.3 Å². The van der Waals surface area contributed by atoms with Crippen LogP contribution in [-0.2, 0) is 10.0 Å². The summed E-state index contributed by atoms with van der Waals surface area (Å²) in [5.74, 6) is -1.03. The fourth-order valence-corrected chi connectivity index (χ4v) is 4.56. The van der Waals surface area contributed by atoms with Gasteiger partial charge in [-0.25, -0.2) is 8.42 Å². The second-order valence-electron chi connectivity index (χ2n) is 6.79. The number of ketones is 1. The number of nitrogens with two attached hydrogens (primary N) is 1. The molecule has 0 aliphatic carbocycles. The van der Waals surface area contributed by atoms with Gasteiger partial charge in [0.15, 0.2) is 5.78 Å². The van der Waals surface area contributed by atoms with Crippen molar-refractivity contribution in [1.29, 1.82) is 0 Å². The second kappa shape index (κ2) is 10.2. The summed E-state index contributed by atoms with van der Waals surface area (Å²) >= 11 is 0.802. The normalized spacial score (nSPS) is 11.6. The predicted octanol–water partition coefficient (Wildman–Crippen LogP) is 4.72. The van der Waals surface area contributed by atoms with Gasteiger partial charge in [0.2, 0.25) is 5.12 Å². The number of halogens is 3. The van der Waals surface area contributed by atoms with E-state index in [0.29, 0.717) is 11.3 Å². The molecule has 0 spiro atoms. The van der Waals surface area contributed by atoms with Crippen LogP contribution in [0.1, 0.15) is 20.7 Å². The maximum atomic E-state index is 12.5. The molecule has 0 saturated carbocycles. The Labute approximate surface area is 197 Å². The first-order valence-electron chi connectivity index (χ1n) is 9.48. The third-order valence-electron chi connectivity index (χ3n) is 4.34. The van der Waals surface area contributed by atoms with Gasteiger partial charge in [-0.05, 0) is 60.7 Å². The highest BCUT2D eigenvalue weighted by molar-refractivity contribution is 8.14. The van der Waals surface area contributed by atoms with E-state index in [2.05, 4.69) is 9.46 Å². The van der Waals surface area contributed by atoms with Crippen LogP contribution in [0.2, 0.25) is 0 Å². The number of benzene rings is 3. The van der Waals surface area contributed by atoms with Crippen LogP contribution >= 0.6 is 11.8 Å². The molecule has 0 heterocycles. The molecular formula is C22H17F3N2O5S2. The largest absolute Gasteiger partial charge is 0.573 e. The molecule has 3 N–H and O–H groups in total. The van der Waals surface area contributed by atoms with Crippen LogP contribution in [0.4, 0.5) is 24.5 Å². The molecule has 178 valence electrons. The van der Waals surface area contributed by atoms with Crippen LogP contribution in [0, 0.1) is 0 Å². The Morgan fingerprint density at radius 1 is 0.941 bits per heavy atom. The van der Waals surface area contributed by atoms with Crippen LogP contribution in [0.25, 0.3) is 0 Å². The van der Waals surface area contributed by atoms with E-state index in [-0.39, 0.29) is 32.8 Å². The van der Waals surface area contributed by atoms with Crippen LogP contribution < -0.4 is 15.2 Å². The Balaban J connectivity index is 1.61. The molecule has 3 rings (SSSR count). The smallest absolute Gasteiger partial charge is 0.406 e. The van der Waals surface area contributed by atoms with Crippen LogP contribution in [0.15, 0.2) is 77.7 Å². The number of nitrogens with one attached hydrogen (secondary N) is 1. The molecule has 0 atom stereocenters. The van der Waals surface area contributed by atoms with E-state index in [1.807, 2.05) is 0 Å². The highest BCUT2D eigenvalue weighted by atomic mass is 32.2. The number of alkyl halides is 3. The summed E-state index contributed by atoms with van der Waals surface area (Å²) < 4.78 is 67.6. The molecule has 0 aliphatic rings. The zero-order chi connectivity index (χ0) is 24.9. The summed E-state index contributed by atoms with van der Waals surface area (Å²) in [6, 6.07) is 15.7. The molecule has 7 nitrogen and oxygen atoms in total. The summed E-state index contributed by atoms with van der Waals surface area (Å²) in [5.41, 5.74) is 6.77. The molecular weight excluding hydrogens is 493 g/mol. The zero-order valence-electron chi connectivity index (χ0n) is 17.2. The summed E-state index contributed by atoms with van der Waals surface area (Å²) in [7, 11) is -4.10. The Hall–Kier alpha value is -3.51. The number of rotatable bonds is 8. The lowest BCUT2D eigenvalue weighted by atomic mass is 10.1. The van der Waals surface area contributed by atoms with Crippen molar-refractivity contribution in [3.05, 3.63) is 83.9 Å². The molecule has 0 fully saturated rings. The van der Waals surface area contributed by atoms with Crippen LogP contribution in [-0.4, -0.2) is 31.4 Å². The topological polar surface area (TPSA) is 116 Å². The van der Waals surface area contributed by atoms with E-state index >= 15 is 0 Å². The van der Waals surface area contributed by atoms with Gasteiger partial charge in [-0.15, -0.1) is 13.2 Å². The number of carbonyl (C=O) groups is 2. The highest BCUT2D eigenvalue weighted by Gasteiger charge is 2.31. The van der Waals surface area contributed by atoms with Crippen molar-refractivity contribution < 1.29 is 35.9 Å². The number of thioether (sulfide) groups is 1. The number of hydrogen-bond donors (Lipinski definition) is 2. The second-order valence-corrected chi connectivity index (χ2v) is 9.42. The van der Waals surface area contributed by atoms with E-state index in [1.54, 1.807) is 24.3 Å². The lowest BCUT2D eigenvalue weighted by Crippen LogP contribution is -2.17. The molecule has 3 aromatic rings.